The summed E-state index contributed by atoms with van der Waals surface area (Å²) in [5.41, 5.74) is 0.674. The van der Waals surface area contributed by atoms with E-state index < -0.39 is 6.36 Å². The van der Waals surface area contributed by atoms with Crippen LogP contribution in [0.5, 0.6) is 5.75 Å². The van der Waals surface area contributed by atoms with Crippen molar-refractivity contribution in [2.24, 2.45) is 0 Å². The van der Waals surface area contributed by atoms with E-state index in [1.54, 1.807) is 6.07 Å². The van der Waals surface area contributed by atoms with Crippen molar-refractivity contribution in [1.29, 1.82) is 0 Å². The topological polar surface area (TPSA) is 18.5 Å². The summed E-state index contributed by atoms with van der Waals surface area (Å²) in [6, 6.07) is 5.87. The van der Waals surface area contributed by atoms with Gasteiger partial charge in [-0.2, -0.15) is 0 Å². The smallest absolute Gasteiger partial charge is 0.431 e. The molecule has 0 heterocycles. The van der Waals surface area contributed by atoms with Crippen molar-refractivity contribution < 1.29 is 22.6 Å². The summed E-state index contributed by atoms with van der Waals surface area (Å²) in [7, 11) is 0. The molecule has 0 saturated carbocycles. The van der Waals surface area contributed by atoms with Crippen LogP contribution in [-0.2, 0) is 4.65 Å². The molecule has 0 atom stereocenters. The number of ether oxygens (including phenoxy) is 1. The second-order valence-electron chi connectivity index (χ2n) is 3.99. The first-order valence-corrected chi connectivity index (χ1v) is 5.89. The Hall–Kier alpha value is -1.17. The lowest BCUT2D eigenvalue weighted by Gasteiger charge is -2.13. The molecule has 0 bridgehead atoms. The number of halogens is 3. The Kier molecular flexibility index (Phi) is 5.53. The Bertz CT molecular complexity index is 369. The lowest BCUT2D eigenvalue weighted by Crippen LogP contribution is -2.31. The number of benzene rings is 1. The molecule has 1 aromatic rings. The van der Waals surface area contributed by atoms with E-state index in [2.05, 4.69) is 4.74 Å². The second-order valence-corrected chi connectivity index (χ2v) is 3.99. The molecule has 18 heavy (non-hydrogen) atoms. The van der Waals surface area contributed by atoms with Gasteiger partial charge in [0.2, 0.25) is 0 Å². The van der Waals surface area contributed by atoms with E-state index in [0.717, 1.165) is 12.8 Å². The van der Waals surface area contributed by atoms with E-state index in [9.17, 15) is 13.2 Å². The first kappa shape index (κ1) is 14.9. The molecule has 0 aliphatic heterocycles. The highest BCUT2D eigenvalue weighted by atomic mass is 19.4. The van der Waals surface area contributed by atoms with Gasteiger partial charge in [0.1, 0.15) is 5.75 Å². The van der Waals surface area contributed by atoms with Gasteiger partial charge in [0.25, 0.3) is 0 Å². The Morgan fingerprint density at radius 2 is 2.00 bits per heavy atom. The molecule has 0 aliphatic rings. The van der Waals surface area contributed by atoms with Gasteiger partial charge >= 0.3 is 13.3 Å². The van der Waals surface area contributed by atoms with Gasteiger partial charge in [-0.25, -0.2) is 0 Å². The van der Waals surface area contributed by atoms with Crippen LogP contribution in [0.25, 0.3) is 0 Å². The summed E-state index contributed by atoms with van der Waals surface area (Å²) in [5, 5.41) is 0. The van der Waals surface area contributed by atoms with E-state index in [1.807, 2.05) is 13.7 Å². The van der Waals surface area contributed by atoms with Crippen LogP contribution in [-0.4, -0.2) is 19.9 Å². The summed E-state index contributed by atoms with van der Waals surface area (Å²) >= 11 is 0. The van der Waals surface area contributed by atoms with Crippen molar-refractivity contribution >= 4 is 12.4 Å². The Labute approximate surface area is 105 Å². The maximum absolute atomic E-state index is 12.1. The average molecular weight is 260 g/mol. The van der Waals surface area contributed by atoms with E-state index in [0.29, 0.717) is 12.1 Å². The predicted octanol–water partition coefficient (Wildman–Crippen LogP) is 3.23. The molecule has 0 unspecified atom stereocenters. The third-order valence-electron chi connectivity index (χ3n) is 2.43. The highest BCUT2D eigenvalue weighted by Crippen LogP contribution is 2.21. The molecule has 2 nitrogen and oxygen atoms in total. The first-order valence-electron chi connectivity index (χ1n) is 5.89. The zero-order chi connectivity index (χ0) is 13.6. The molecule has 1 rings (SSSR count). The summed E-state index contributed by atoms with van der Waals surface area (Å²) in [6.07, 6.45) is -2.71. The van der Waals surface area contributed by atoms with E-state index in [1.165, 1.54) is 18.2 Å². The zero-order valence-electron chi connectivity index (χ0n) is 10.5. The monoisotopic (exact) mass is 260 g/mol. The van der Waals surface area contributed by atoms with Crippen molar-refractivity contribution in [3.63, 3.8) is 0 Å². The third-order valence-corrected chi connectivity index (χ3v) is 2.43. The maximum atomic E-state index is 12.1. The van der Waals surface area contributed by atoms with E-state index in [4.69, 9.17) is 4.65 Å². The number of rotatable bonds is 6. The Balaban J connectivity index is 2.63. The van der Waals surface area contributed by atoms with Gasteiger partial charge in [0.05, 0.1) is 0 Å². The number of hydrogen-bond donors (Lipinski definition) is 0. The number of unbranched alkanes of at least 4 members (excludes halogenated alkanes) is 1. The highest BCUT2D eigenvalue weighted by molar-refractivity contribution is 6.66. The predicted molar refractivity (Wildman–Crippen MR) is 65.2 cm³/mol. The van der Waals surface area contributed by atoms with Gasteiger partial charge in [-0.15, -0.1) is 13.2 Å². The lowest BCUT2D eigenvalue weighted by atomic mass is 9.63. The molecule has 6 heteroatoms. The molecule has 0 saturated heterocycles. The SMILES string of the molecule is CCCCOB(C)c1cccc(OC(F)(F)F)c1. The van der Waals surface area contributed by atoms with Crippen LogP contribution < -0.4 is 10.2 Å². The number of alkyl halides is 3. The van der Waals surface area contributed by atoms with Crippen LogP contribution in [0.15, 0.2) is 24.3 Å². The van der Waals surface area contributed by atoms with Crippen LogP contribution in [0, 0.1) is 0 Å². The van der Waals surface area contributed by atoms with Crippen molar-refractivity contribution in [3.05, 3.63) is 24.3 Å². The van der Waals surface area contributed by atoms with Crippen molar-refractivity contribution in [3.8, 4) is 5.75 Å². The molecular formula is C12H16BF3O2. The van der Waals surface area contributed by atoms with Gasteiger partial charge in [0, 0.05) is 6.61 Å². The summed E-state index contributed by atoms with van der Waals surface area (Å²) in [5.74, 6) is -0.217. The summed E-state index contributed by atoms with van der Waals surface area (Å²) in [6.45, 7) is 4.21. The highest BCUT2D eigenvalue weighted by Gasteiger charge is 2.31. The minimum Gasteiger partial charge on any atom is -0.431 e. The quantitative estimate of drug-likeness (QED) is 0.577. The fraction of sp³-hybridized carbons (Fsp3) is 0.500. The number of hydrogen-bond acceptors (Lipinski definition) is 2. The summed E-state index contributed by atoms with van der Waals surface area (Å²) in [4.78, 5) is 0. The normalized spacial score (nSPS) is 11.4. The Morgan fingerprint density at radius 1 is 1.28 bits per heavy atom. The fourth-order valence-corrected chi connectivity index (χ4v) is 1.47. The van der Waals surface area contributed by atoms with Crippen LogP contribution in [0.1, 0.15) is 19.8 Å². The molecule has 0 N–H and O–H groups in total. The largest absolute Gasteiger partial charge is 0.573 e. The minimum absolute atomic E-state index is 0.217. The molecule has 0 spiro atoms. The molecule has 1 aromatic carbocycles. The van der Waals surface area contributed by atoms with Gasteiger partial charge < -0.3 is 9.39 Å². The van der Waals surface area contributed by atoms with Gasteiger partial charge in [0.15, 0.2) is 0 Å². The second kappa shape index (κ2) is 6.68. The van der Waals surface area contributed by atoms with Crippen molar-refractivity contribution in [2.45, 2.75) is 33.0 Å². The average Bonchev–Trinajstić information content (AvgIpc) is 2.27. The molecule has 0 radical (unpaired) electrons. The Morgan fingerprint density at radius 3 is 2.61 bits per heavy atom. The standard InChI is InChI=1S/C12H16BF3O2/c1-3-4-8-17-13(2)10-6-5-7-11(9-10)18-12(14,15)16/h5-7,9H,3-4,8H2,1-2H3. The molecular weight excluding hydrogens is 244 g/mol. The van der Waals surface area contributed by atoms with Crippen LogP contribution in [0.3, 0.4) is 0 Å². The van der Waals surface area contributed by atoms with Crippen LogP contribution in [0.4, 0.5) is 13.2 Å². The van der Waals surface area contributed by atoms with Gasteiger partial charge in [-0.3, -0.25) is 0 Å². The van der Waals surface area contributed by atoms with Crippen LogP contribution in [0.2, 0.25) is 6.82 Å². The van der Waals surface area contributed by atoms with Crippen molar-refractivity contribution in [2.75, 3.05) is 6.61 Å². The fourth-order valence-electron chi connectivity index (χ4n) is 1.47. The maximum Gasteiger partial charge on any atom is 0.573 e. The lowest BCUT2D eigenvalue weighted by molar-refractivity contribution is -0.274. The summed E-state index contributed by atoms with van der Waals surface area (Å²) < 4.78 is 45.6. The molecule has 0 fully saturated rings. The molecule has 0 aromatic heterocycles. The molecule has 100 valence electrons. The zero-order valence-corrected chi connectivity index (χ0v) is 10.5. The third kappa shape index (κ3) is 5.45. The molecule has 0 amide bonds. The van der Waals surface area contributed by atoms with E-state index >= 15 is 0 Å². The molecule has 0 aliphatic carbocycles. The minimum atomic E-state index is -4.66. The first-order chi connectivity index (χ1) is 8.42. The van der Waals surface area contributed by atoms with Crippen molar-refractivity contribution in [1.82, 2.24) is 0 Å². The van der Waals surface area contributed by atoms with Crippen LogP contribution >= 0.6 is 0 Å². The van der Waals surface area contributed by atoms with Gasteiger partial charge in [-0.05, 0) is 24.0 Å². The van der Waals surface area contributed by atoms with E-state index in [-0.39, 0.29) is 12.7 Å². The van der Waals surface area contributed by atoms with Gasteiger partial charge in [-0.1, -0.05) is 32.3 Å².